The van der Waals surface area contributed by atoms with Gasteiger partial charge in [-0.2, -0.15) is 11.1 Å². The summed E-state index contributed by atoms with van der Waals surface area (Å²) in [5, 5.41) is 0.342. The van der Waals surface area contributed by atoms with Gasteiger partial charge in [-0.05, 0) is 65.9 Å². The Balaban J connectivity index is 0.000000620. The van der Waals surface area contributed by atoms with E-state index in [2.05, 4.69) is 94.7 Å². The highest BCUT2D eigenvalue weighted by atomic mass is 79.9. The van der Waals surface area contributed by atoms with Crippen LogP contribution in [0.15, 0.2) is 53.3 Å². The predicted molar refractivity (Wildman–Crippen MR) is 156 cm³/mol. The molecule has 1 aromatic carbocycles. The van der Waals surface area contributed by atoms with Crippen molar-refractivity contribution in [3.8, 4) is 5.75 Å². The first-order valence-electron chi connectivity index (χ1n) is 11.9. The fourth-order valence-corrected chi connectivity index (χ4v) is 3.70. The first-order chi connectivity index (χ1) is 15.5. The molecule has 0 fully saturated rings. The van der Waals surface area contributed by atoms with Crippen LogP contribution in [-0.4, -0.2) is 34.1 Å². The van der Waals surface area contributed by atoms with Crippen molar-refractivity contribution in [1.29, 1.82) is 0 Å². The van der Waals surface area contributed by atoms with E-state index < -0.39 is 16.4 Å². The molecule has 191 valence electrons. The van der Waals surface area contributed by atoms with Crippen molar-refractivity contribution in [3.63, 3.8) is 0 Å². The van der Waals surface area contributed by atoms with Gasteiger partial charge in [0.25, 0.3) is 0 Å². The summed E-state index contributed by atoms with van der Waals surface area (Å²) in [6, 6.07) is 12.2. The van der Waals surface area contributed by atoms with Crippen LogP contribution in [0.4, 0.5) is 0 Å². The van der Waals surface area contributed by atoms with Gasteiger partial charge in [-0.15, -0.1) is 0 Å². The van der Waals surface area contributed by atoms with Gasteiger partial charge in [0, 0.05) is 22.8 Å². The highest BCUT2D eigenvalue weighted by Gasteiger charge is 2.35. The molecule has 0 N–H and O–H groups in total. The second-order valence-corrected chi connectivity index (χ2v) is 21.9. The maximum atomic E-state index is 6.43. The largest absolute Gasteiger partial charge is 0.488 e. The van der Waals surface area contributed by atoms with E-state index in [-0.39, 0.29) is 11.5 Å². The summed E-state index contributed by atoms with van der Waals surface area (Å²) in [7, 11) is -2.16. The number of pyridine rings is 1. The van der Waals surface area contributed by atoms with Gasteiger partial charge in [0.15, 0.2) is 7.38 Å². The topological polar surface area (TPSA) is 31.4 Å². The van der Waals surface area contributed by atoms with Gasteiger partial charge < -0.3 is 9.16 Å². The molecular formula is C27H44BrClNO2Si2. The molecule has 1 radical (unpaired) electrons. The van der Waals surface area contributed by atoms with Crippen molar-refractivity contribution in [2.24, 2.45) is 11.3 Å². The smallest absolute Gasteiger partial charge is 0.205 e. The minimum Gasteiger partial charge on any atom is -0.488 e. The van der Waals surface area contributed by atoms with E-state index >= 15 is 0 Å². The lowest BCUT2D eigenvalue weighted by Crippen LogP contribution is -2.41. The average molecular weight is 586 g/mol. The maximum Gasteiger partial charge on any atom is 0.205 e. The highest BCUT2D eigenvalue weighted by molar-refractivity contribution is 9.10. The van der Waals surface area contributed by atoms with Crippen LogP contribution >= 0.6 is 27.0 Å². The third-order valence-corrected chi connectivity index (χ3v) is 12.7. The monoisotopic (exact) mass is 584 g/mol. The zero-order valence-electron chi connectivity index (χ0n) is 22.7. The molecule has 2 rings (SSSR count). The molecule has 1 aromatic heterocycles. The number of rotatable bonds is 8. The molecular weight excluding hydrogens is 542 g/mol. The number of halogens is 2. The molecule has 34 heavy (non-hydrogen) atoms. The van der Waals surface area contributed by atoms with Crippen molar-refractivity contribution in [1.82, 2.24) is 4.98 Å². The lowest BCUT2D eigenvalue weighted by atomic mass is 9.74. The molecule has 3 nitrogen and oxygen atoms in total. The molecule has 0 aliphatic carbocycles. The standard InChI is InChI=1S/C21H29BrNO2Si.C6H15ClSi/c1-21(2,3)19(13-16-7-6-12-23-14-16)20(15-24-26(4)5)25-18-10-8-17(22)9-11-18;1-6(2,3)8(4,5)7/h6-12,14,19-20H,13,15H2,1-5H3;1-5H3/t19?,20-;/m0./s1. The number of nitrogens with zero attached hydrogens (tertiary/aromatic N) is 1. The number of benzene rings is 1. The summed E-state index contributed by atoms with van der Waals surface area (Å²) >= 11 is 9.63. The van der Waals surface area contributed by atoms with Gasteiger partial charge >= 0.3 is 0 Å². The SMILES string of the molecule is CC(C)(C)[Si](C)(C)Cl.C[Si](C)OC[C@H](Oc1ccc(Br)cc1)C(Cc1cccnc1)C(C)(C)C. The zero-order chi connectivity index (χ0) is 26.2. The molecule has 2 atom stereocenters. The summed E-state index contributed by atoms with van der Waals surface area (Å²) in [6.45, 7) is 22.7. The Labute approximate surface area is 224 Å². The highest BCUT2D eigenvalue weighted by Crippen LogP contribution is 2.38. The number of hydrogen-bond acceptors (Lipinski definition) is 3. The quantitative estimate of drug-likeness (QED) is 0.229. The zero-order valence-corrected chi connectivity index (χ0v) is 27.0. The molecule has 7 heteroatoms. The summed E-state index contributed by atoms with van der Waals surface area (Å²) in [6.07, 6.45) is 4.66. The van der Waals surface area contributed by atoms with Crippen LogP contribution in [0.2, 0.25) is 31.2 Å². The van der Waals surface area contributed by atoms with Crippen molar-refractivity contribution in [3.05, 3.63) is 58.8 Å². The van der Waals surface area contributed by atoms with Gasteiger partial charge in [-0.25, -0.2) is 0 Å². The minimum absolute atomic E-state index is 0.0173. The number of hydrogen-bond donors (Lipinski definition) is 0. The van der Waals surface area contributed by atoms with E-state index in [0.29, 0.717) is 17.6 Å². The molecule has 1 unspecified atom stereocenters. The average Bonchev–Trinajstić information content (AvgIpc) is 2.70. The lowest BCUT2D eigenvalue weighted by Gasteiger charge is -2.37. The minimum atomic E-state index is -1.39. The number of aromatic nitrogens is 1. The molecule has 0 aliphatic heterocycles. The Hall–Kier alpha value is -0.666. The maximum absolute atomic E-state index is 6.43. The Morgan fingerprint density at radius 2 is 1.59 bits per heavy atom. The molecule has 0 saturated carbocycles. The Kier molecular flexibility index (Phi) is 12.5. The van der Waals surface area contributed by atoms with Gasteiger partial charge in [-0.1, -0.05) is 76.6 Å². The molecule has 0 saturated heterocycles. The van der Waals surface area contributed by atoms with Crippen LogP contribution in [0.3, 0.4) is 0 Å². The van der Waals surface area contributed by atoms with E-state index in [0.717, 1.165) is 16.6 Å². The van der Waals surface area contributed by atoms with Crippen LogP contribution in [0.1, 0.15) is 47.1 Å². The van der Waals surface area contributed by atoms with E-state index in [1.165, 1.54) is 5.56 Å². The van der Waals surface area contributed by atoms with E-state index in [1.54, 1.807) is 0 Å². The molecule has 2 aromatic rings. The Morgan fingerprint density at radius 3 is 2.00 bits per heavy atom. The summed E-state index contributed by atoms with van der Waals surface area (Å²) in [5.41, 5.74) is 1.31. The third kappa shape index (κ3) is 11.8. The summed E-state index contributed by atoms with van der Waals surface area (Å²) < 4.78 is 13.5. The van der Waals surface area contributed by atoms with Gasteiger partial charge in [0.1, 0.15) is 11.9 Å². The van der Waals surface area contributed by atoms with Crippen LogP contribution in [0.5, 0.6) is 5.75 Å². The van der Waals surface area contributed by atoms with E-state index in [9.17, 15) is 0 Å². The summed E-state index contributed by atoms with van der Waals surface area (Å²) in [4.78, 5) is 4.27. The predicted octanol–water partition coefficient (Wildman–Crippen LogP) is 8.99. The fourth-order valence-electron chi connectivity index (χ4n) is 2.94. The Morgan fingerprint density at radius 1 is 1.03 bits per heavy atom. The van der Waals surface area contributed by atoms with Crippen molar-refractivity contribution in [2.75, 3.05) is 6.61 Å². The first kappa shape index (κ1) is 31.4. The second-order valence-electron chi connectivity index (χ2n) is 11.6. The van der Waals surface area contributed by atoms with Gasteiger partial charge in [0.05, 0.1) is 6.61 Å². The molecule has 0 bridgehead atoms. The van der Waals surface area contributed by atoms with Crippen molar-refractivity contribution < 1.29 is 9.16 Å². The van der Waals surface area contributed by atoms with Crippen LogP contribution in [0, 0.1) is 11.3 Å². The number of ether oxygens (including phenoxy) is 1. The van der Waals surface area contributed by atoms with Gasteiger partial charge in [-0.3, -0.25) is 4.98 Å². The molecule has 0 spiro atoms. The van der Waals surface area contributed by atoms with E-state index in [1.807, 2.05) is 42.7 Å². The van der Waals surface area contributed by atoms with Crippen molar-refractivity contribution >= 4 is 43.4 Å². The second kappa shape index (κ2) is 13.6. The van der Waals surface area contributed by atoms with Crippen LogP contribution < -0.4 is 4.74 Å². The van der Waals surface area contributed by atoms with Gasteiger partial charge in [0.2, 0.25) is 9.04 Å². The van der Waals surface area contributed by atoms with Crippen LogP contribution in [-0.2, 0) is 10.8 Å². The molecule has 0 aliphatic rings. The summed E-state index contributed by atoms with van der Waals surface area (Å²) in [5.74, 6) is 1.18. The first-order valence-corrected chi connectivity index (χ1v) is 19.1. The van der Waals surface area contributed by atoms with Crippen molar-refractivity contribution in [2.45, 2.75) is 85.3 Å². The van der Waals surface area contributed by atoms with Crippen LogP contribution in [0.25, 0.3) is 0 Å². The molecule has 0 amide bonds. The lowest BCUT2D eigenvalue weighted by molar-refractivity contribution is 0.0265. The Bertz CT molecular complexity index is 817. The fraction of sp³-hybridized carbons (Fsp3) is 0.593. The third-order valence-electron chi connectivity index (χ3n) is 6.16. The van der Waals surface area contributed by atoms with E-state index in [4.69, 9.17) is 20.2 Å². The normalized spacial score (nSPS) is 14.3. The molecule has 1 heterocycles.